The Morgan fingerprint density at radius 1 is 0.839 bits per heavy atom. The summed E-state index contributed by atoms with van der Waals surface area (Å²) in [5.74, 6) is 0.696. The van der Waals surface area contributed by atoms with Crippen LogP contribution >= 0.6 is 11.8 Å². The van der Waals surface area contributed by atoms with Gasteiger partial charge >= 0.3 is 0 Å². The van der Waals surface area contributed by atoms with Gasteiger partial charge in [-0.25, -0.2) is 4.90 Å². The molecule has 0 bridgehead atoms. The van der Waals surface area contributed by atoms with Crippen LogP contribution in [-0.4, -0.2) is 18.9 Å². The summed E-state index contributed by atoms with van der Waals surface area (Å²) in [6.07, 6.45) is 0. The fourth-order valence-corrected chi connectivity index (χ4v) is 4.56. The number of aryl methyl sites for hydroxylation is 2. The highest BCUT2D eigenvalue weighted by atomic mass is 32.2. The Hall–Kier alpha value is -3.31. The zero-order valence-electron chi connectivity index (χ0n) is 17.7. The maximum atomic E-state index is 13.5. The molecular weight excluding hydrogens is 406 g/mol. The molecule has 156 valence electrons. The minimum Gasteiger partial charge on any atom is -0.497 e. The number of methoxy groups -OCH3 is 1. The molecule has 5 heteroatoms. The molecule has 31 heavy (non-hydrogen) atoms. The molecule has 0 aliphatic carbocycles. The van der Waals surface area contributed by atoms with E-state index >= 15 is 0 Å². The van der Waals surface area contributed by atoms with Gasteiger partial charge < -0.3 is 4.74 Å². The van der Waals surface area contributed by atoms with Gasteiger partial charge in [0.1, 0.15) is 5.75 Å². The zero-order chi connectivity index (χ0) is 22.0. The number of thioether (sulfide) groups is 1. The first-order chi connectivity index (χ1) is 15.0. The lowest BCUT2D eigenvalue weighted by molar-refractivity contribution is -0.119. The summed E-state index contributed by atoms with van der Waals surface area (Å²) >= 11 is 1.41. The molecular formula is C26H23NO3S. The summed E-state index contributed by atoms with van der Waals surface area (Å²) in [5.41, 5.74) is 5.10. The van der Waals surface area contributed by atoms with Crippen molar-refractivity contribution in [1.29, 1.82) is 0 Å². The van der Waals surface area contributed by atoms with Gasteiger partial charge in [0, 0.05) is 5.75 Å². The molecule has 2 amide bonds. The van der Waals surface area contributed by atoms with Gasteiger partial charge in [0.25, 0.3) is 11.8 Å². The monoisotopic (exact) mass is 429 g/mol. The highest BCUT2D eigenvalue weighted by Gasteiger charge is 2.40. The van der Waals surface area contributed by atoms with Crippen molar-refractivity contribution < 1.29 is 14.3 Å². The zero-order valence-corrected chi connectivity index (χ0v) is 18.5. The van der Waals surface area contributed by atoms with Crippen molar-refractivity contribution in [3.63, 3.8) is 0 Å². The SMILES string of the molecule is COc1ccc(N2C(=O)C(SCc3ccccc3)=C(c3ccc(C)c(C)c3)C2=O)cc1. The number of hydrogen-bond acceptors (Lipinski definition) is 4. The first-order valence-electron chi connectivity index (χ1n) is 10.0. The van der Waals surface area contributed by atoms with E-state index in [1.807, 2.05) is 62.4 Å². The molecule has 0 fully saturated rings. The van der Waals surface area contributed by atoms with E-state index in [9.17, 15) is 9.59 Å². The maximum Gasteiger partial charge on any atom is 0.272 e. The van der Waals surface area contributed by atoms with Crippen molar-refractivity contribution >= 4 is 34.8 Å². The standard InChI is InChI=1S/C26H23NO3S/c1-17-9-10-20(15-18(17)2)23-24(31-16-19-7-5-4-6-8-19)26(29)27(25(23)28)21-11-13-22(30-3)14-12-21/h4-15H,16H2,1-3H3. The van der Waals surface area contributed by atoms with Crippen molar-refractivity contribution in [3.8, 4) is 5.75 Å². The van der Waals surface area contributed by atoms with Crippen LogP contribution in [0.4, 0.5) is 5.69 Å². The van der Waals surface area contributed by atoms with E-state index in [2.05, 4.69) is 0 Å². The number of nitrogens with zero attached hydrogens (tertiary/aromatic N) is 1. The Labute approximate surface area is 186 Å². The highest BCUT2D eigenvalue weighted by molar-refractivity contribution is 8.03. The van der Waals surface area contributed by atoms with E-state index in [1.165, 1.54) is 16.7 Å². The molecule has 0 aromatic heterocycles. The summed E-state index contributed by atoms with van der Waals surface area (Å²) in [6.45, 7) is 4.04. The fraction of sp³-hybridized carbons (Fsp3) is 0.154. The Bertz CT molecular complexity index is 1170. The lowest BCUT2D eigenvalue weighted by Gasteiger charge is -2.15. The molecule has 0 atom stereocenters. The van der Waals surface area contributed by atoms with Crippen LogP contribution in [0.25, 0.3) is 5.57 Å². The minimum atomic E-state index is -0.297. The molecule has 0 saturated heterocycles. The lowest BCUT2D eigenvalue weighted by Crippen LogP contribution is -2.31. The Morgan fingerprint density at radius 3 is 2.19 bits per heavy atom. The third kappa shape index (κ3) is 4.14. The number of rotatable bonds is 6. The second-order valence-corrected chi connectivity index (χ2v) is 8.41. The van der Waals surface area contributed by atoms with E-state index in [1.54, 1.807) is 31.4 Å². The smallest absolute Gasteiger partial charge is 0.272 e. The summed E-state index contributed by atoms with van der Waals surface area (Å²) in [5, 5.41) is 0. The van der Waals surface area contributed by atoms with Gasteiger partial charge in [0.2, 0.25) is 0 Å². The Kier molecular flexibility index (Phi) is 5.96. The predicted molar refractivity (Wildman–Crippen MR) is 126 cm³/mol. The van der Waals surface area contributed by atoms with Crippen LogP contribution in [0.2, 0.25) is 0 Å². The van der Waals surface area contributed by atoms with Gasteiger partial charge in [-0.3, -0.25) is 9.59 Å². The number of hydrogen-bond donors (Lipinski definition) is 0. The molecule has 4 rings (SSSR count). The molecule has 0 saturated carbocycles. The quantitative estimate of drug-likeness (QED) is 0.484. The van der Waals surface area contributed by atoms with Crippen LogP contribution in [0.15, 0.2) is 77.7 Å². The largest absolute Gasteiger partial charge is 0.497 e. The topological polar surface area (TPSA) is 46.6 Å². The van der Waals surface area contributed by atoms with E-state index < -0.39 is 0 Å². The Morgan fingerprint density at radius 2 is 1.55 bits per heavy atom. The average Bonchev–Trinajstić information content (AvgIpc) is 3.04. The second-order valence-electron chi connectivity index (χ2n) is 7.42. The molecule has 0 N–H and O–H groups in total. The third-order valence-corrected chi connectivity index (χ3v) is 6.54. The molecule has 0 spiro atoms. The van der Waals surface area contributed by atoms with Gasteiger partial charge in [-0.15, -0.1) is 11.8 Å². The summed E-state index contributed by atoms with van der Waals surface area (Å²) in [7, 11) is 1.58. The number of ether oxygens (including phenoxy) is 1. The first kappa shape index (κ1) is 20.9. The number of amides is 2. The summed E-state index contributed by atoms with van der Waals surface area (Å²) in [4.78, 5) is 28.7. The number of anilines is 1. The van der Waals surface area contributed by atoms with Crippen LogP contribution in [0.1, 0.15) is 22.3 Å². The van der Waals surface area contributed by atoms with Gasteiger partial charge in [-0.05, 0) is 60.4 Å². The minimum absolute atomic E-state index is 0.288. The second kappa shape index (κ2) is 8.82. The molecule has 0 unspecified atom stereocenters. The number of imide groups is 1. The van der Waals surface area contributed by atoms with E-state index in [-0.39, 0.29) is 11.8 Å². The molecule has 4 nitrogen and oxygen atoms in total. The van der Waals surface area contributed by atoms with Crippen molar-refractivity contribution in [2.24, 2.45) is 0 Å². The van der Waals surface area contributed by atoms with E-state index in [0.29, 0.717) is 27.7 Å². The van der Waals surface area contributed by atoms with Crippen LogP contribution in [-0.2, 0) is 15.3 Å². The summed E-state index contributed by atoms with van der Waals surface area (Å²) in [6, 6.07) is 22.8. The molecule has 1 aliphatic rings. The molecule has 1 heterocycles. The first-order valence-corrected chi connectivity index (χ1v) is 11.0. The third-order valence-electron chi connectivity index (χ3n) is 5.39. The normalized spacial score (nSPS) is 13.8. The summed E-state index contributed by atoms with van der Waals surface area (Å²) < 4.78 is 5.21. The fourth-order valence-electron chi connectivity index (χ4n) is 3.49. The van der Waals surface area contributed by atoms with Crippen molar-refractivity contribution in [1.82, 2.24) is 0 Å². The van der Waals surface area contributed by atoms with Gasteiger partial charge in [-0.2, -0.15) is 0 Å². The molecule has 1 aliphatic heterocycles. The molecule has 3 aromatic carbocycles. The van der Waals surface area contributed by atoms with E-state index in [4.69, 9.17) is 4.74 Å². The highest BCUT2D eigenvalue weighted by Crippen LogP contribution is 2.40. The lowest BCUT2D eigenvalue weighted by atomic mass is 10.0. The predicted octanol–water partition coefficient (Wildman–Crippen LogP) is 5.53. The number of benzene rings is 3. The van der Waals surface area contributed by atoms with Gasteiger partial charge in [0.15, 0.2) is 0 Å². The van der Waals surface area contributed by atoms with Gasteiger partial charge in [0.05, 0.1) is 23.3 Å². The van der Waals surface area contributed by atoms with Gasteiger partial charge in [-0.1, -0.05) is 48.5 Å². The Balaban J connectivity index is 1.75. The van der Waals surface area contributed by atoms with Crippen LogP contribution in [0, 0.1) is 13.8 Å². The van der Waals surface area contributed by atoms with Crippen LogP contribution in [0.5, 0.6) is 5.75 Å². The maximum absolute atomic E-state index is 13.5. The molecule has 0 radical (unpaired) electrons. The van der Waals surface area contributed by atoms with Crippen LogP contribution < -0.4 is 9.64 Å². The van der Waals surface area contributed by atoms with Crippen molar-refractivity contribution in [2.75, 3.05) is 12.0 Å². The van der Waals surface area contributed by atoms with Crippen molar-refractivity contribution in [2.45, 2.75) is 19.6 Å². The molecule has 3 aromatic rings. The number of carbonyl (C=O) groups is 2. The average molecular weight is 430 g/mol. The van der Waals surface area contributed by atoms with Crippen molar-refractivity contribution in [3.05, 3.63) is 100.0 Å². The van der Waals surface area contributed by atoms with Crippen LogP contribution in [0.3, 0.4) is 0 Å². The number of carbonyl (C=O) groups excluding carboxylic acids is 2. The van der Waals surface area contributed by atoms with E-state index in [0.717, 1.165) is 22.3 Å².